The third kappa shape index (κ3) is 3.57. The molecular formula is C15H18N2O2S. The number of anilines is 1. The minimum absolute atomic E-state index is 0.152. The Bertz CT molecular complexity index is 571. The van der Waals surface area contributed by atoms with Gasteiger partial charge in [0.05, 0.1) is 12.3 Å². The van der Waals surface area contributed by atoms with Gasteiger partial charge in [0.15, 0.2) is 5.13 Å². The molecule has 2 aromatic rings. The molecule has 106 valence electrons. The number of hydrogen-bond donors (Lipinski definition) is 1. The molecule has 2 rings (SSSR count). The summed E-state index contributed by atoms with van der Waals surface area (Å²) in [4.78, 5) is 17.5. The lowest BCUT2D eigenvalue weighted by molar-refractivity contribution is 0.102. The summed E-state index contributed by atoms with van der Waals surface area (Å²) in [7, 11) is 0. The lowest BCUT2D eigenvalue weighted by atomic mass is 10.2. The standard InChI is InChI=1S/C15H18N2O2S/c1-4-9-19-13-7-5-12(6-8-13)14(18)17-15-16-10(2)11(3)20-15/h5-8H,4,9H2,1-3H3,(H,16,17,18). The molecule has 1 N–H and O–H groups in total. The monoisotopic (exact) mass is 290 g/mol. The zero-order valence-corrected chi connectivity index (χ0v) is 12.7. The largest absolute Gasteiger partial charge is 0.494 e. The van der Waals surface area contributed by atoms with Crippen LogP contribution in [-0.4, -0.2) is 17.5 Å². The Morgan fingerprint density at radius 1 is 1.30 bits per heavy atom. The van der Waals surface area contributed by atoms with Crippen LogP contribution in [0.4, 0.5) is 5.13 Å². The fourth-order valence-electron chi connectivity index (χ4n) is 1.62. The van der Waals surface area contributed by atoms with Crippen molar-refractivity contribution in [2.24, 2.45) is 0 Å². The average Bonchev–Trinajstić information content (AvgIpc) is 2.75. The molecule has 1 aromatic carbocycles. The van der Waals surface area contributed by atoms with Gasteiger partial charge in [0.2, 0.25) is 0 Å². The van der Waals surface area contributed by atoms with Crippen molar-refractivity contribution in [3.05, 3.63) is 40.4 Å². The van der Waals surface area contributed by atoms with Crippen LogP contribution in [0.15, 0.2) is 24.3 Å². The number of rotatable bonds is 5. The van der Waals surface area contributed by atoms with Crippen molar-refractivity contribution in [2.45, 2.75) is 27.2 Å². The molecule has 0 atom stereocenters. The Hall–Kier alpha value is -1.88. The van der Waals surface area contributed by atoms with Gasteiger partial charge in [0.25, 0.3) is 5.91 Å². The third-order valence-corrected chi connectivity index (χ3v) is 3.83. The molecule has 0 aliphatic carbocycles. The highest BCUT2D eigenvalue weighted by Crippen LogP contribution is 2.22. The summed E-state index contributed by atoms with van der Waals surface area (Å²) in [5.74, 6) is 0.630. The van der Waals surface area contributed by atoms with E-state index in [1.807, 2.05) is 26.0 Å². The van der Waals surface area contributed by atoms with Crippen LogP contribution in [0, 0.1) is 13.8 Å². The first-order valence-electron chi connectivity index (χ1n) is 6.58. The number of hydrogen-bond acceptors (Lipinski definition) is 4. The van der Waals surface area contributed by atoms with Gasteiger partial charge in [-0.2, -0.15) is 0 Å². The maximum atomic E-state index is 12.1. The molecule has 0 spiro atoms. The quantitative estimate of drug-likeness (QED) is 0.911. The molecule has 0 unspecified atom stereocenters. The van der Waals surface area contributed by atoms with E-state index in [1.165, 1.54) is 11.3 Å². The number of nitrogens with one attached hydrogen (secondary N) is 1. The Balaban J connectivity index is 2.01. The van der Waals surface area contributed by atoms with Crippen molar-refractivity contribution in [2.75, 3.05) is 11.9 Å². The predicted octanol–water partition coefficient (Wildman–Crippen LogP) is 3.80. The summed E-state index contributed by atoms with van der Waals surface area (Å²) in [6, 6.07) is 7.13. The summed E-state index contributed by atoms with van der Waals surface area (Å²) in [5.41, 5.74) is 1.55. The molecular weight excluding hydrogens is 272 g/mol. The van der Waals surface area contributed by atoms with Crippen molar-refractivity contribution in [1.29, 1.82) is 0 Å². The Morgan fingerprint density at radius 2 is 2.00 bits per heavy atom. The van der Waals surface area contributed by atoms with Gasteiger partial charge in [-0.3, -0.25) is 10.1 Å². The Kier molecular flexibility index (Phi) is 4.74. The van der Waals surface area contributed by atoms with E-state index >= 15 is 0 Å². The van der Waals surface area contributed by atoms with Crippen molar-refractivity contribution in [1.82, 2.24) is 4.98 Å². The minimum atomic E-state index is -0.152. The van der Waals surface area contributed by atoms with E-state index < -0.39 is 0 Å². The summed E-state index contributed by atoms with van der Waals surface area (Å²) in [6.45, 7) is 6.66. The fraction of sp³-hybridized carbons (Fsp3) is 0.333. The van der Waals surface area contributed by atoms with Crippen LogP contribution in [0.2, 0.25) is 0 Å². The minimum Gasteiger partial charge on any atom is -0.494 e. The highest BCUT2D eigenvalue weighted by atomic mass is 32.1. The number of nitrogens with zero attached hydrogens (tertiary/aromatic N) is 1. The second-order valence-corrected chi connectivity index (χ2v) is 5.69. The highest BCUT2D eigenvalue weighted by molar-refractivity contribution is 7.15. The van der Waals surface area contributed by atoms with Gasteiger partial charge in [-0.05, 0) is 44.5 Å². The number of thiazole rings is 1. The summed E-state index contributed by atoms with van der Waals surface area (Å²) >= 11 is 1.48. The number of amides is 1. The zero-order chi connectivity index (χ0) is 14.5. The SMILES string of the molecule is CCCOc1ccc(C(=O)Nc2nc(C)c(C)s2)cc1. The molecule has 0 saturated carbocycles. The first-order valence-corrected chi connectivity index (χ1v) is 7.40. The van der Waals surface area contributed by atoms with Crippen LogP contribution >= 0.6 is 11.3 Å². The van der Waals surface area contributed by atoms with Gasteiger partial charge in [-0.15, -0.1) is 11.3 Å². The van der Waals surface area contributed by atoms with E-state index in [2.05, 4.69) is 17.2 Å². The van der Waals surface area contributed by atoms with E-state index in [4.69, 9.17) is 4.74 Å². The number of aromatic nitrogens is 1. The second kappa shape index (κ2) is 6.52. The van der Waals surface area contributed by atoms with Crippen LogP contribution in [0.25, 0.3) is 0 Å². The Morgan fingerprint density at radius 3 is 2.55 bits per heavy atom. The number of ether oxygens (including phenoxy) is 1. The molecule has 1 heterocycles. The molecule has 0 aliphatic rings. The maximum Gasteiger partial charge on any atom is 0.257 e. The van der Waals surface area contributed by atoms with Gasteiger partial charge in [-0.25, -0.2) is 4.98 Å². The molecule has 0 bridgehead atoms. The van der Waals surface area contributed by atoms with Crippen molar-refractivity contribution >= 4 is 22.4 Å². The summed E-state index contributed by atoms with van der Waals surface area (Å²) < 4.78 is 5.49. The van der Waals surface area contributed by atoms with E-state index in [0.29, 0.717) is 17.3 Å². The van der Waals surface area contributed by atoms with Crippen LogP contribution in [0.3, 0.4) is 0 Å². The van der Waals surface area contributed by atoms with Gasteiger partial charge >= 0.3 is 0 Å². The van der Waals surface area contributed by atoms with Crippen LogP contribution < -0.4 is 10.1 Å². The zero-order valence-electron chi connectivity index (χ0n) is 11.9. The number of carbonyl (C=O) groups excluding carboxylic acids is 1. The molecule has 1 amide bonds. The maximum absolute atomic E-state index is 12.1. The fourth-order valence-corrected chi connectivity index (χ4v) is 2.43. The van der Waals surface area contributed by atoms with Crippen LogP contribution in [-0.2, 0) is 0 Å². The van der Waals surface area contributed by atoms with E-state index in [-0.39, 0.29) is 5.91 Å². The smallest absolute Gasteiger partial charge is 0.257 e. The number of aryl methyl sites for hydroxylation is 2. The van der Waals surface area contributed by atoms with Gasteiger partial charge in [-0.1, -0.05) is 6.92 Å². The van der Waals surface area contributed by atoms with Gasteiger partial charge < -0.3 is 4.74 Å². The van der Waals surface area contributed by atoms with Crippen LogP contribution in [0.1, 0.15) is 34.3 Å². The molecule has 0 aliphatic heterocycles. The molecule has 4 nitrogen and oxygen atoms in total. The molecule has 5 heteroatoms. The molecule has 0 fully saturated rings. The average molecular weight is 290 g/mol. The number of benzene rings is 1. The summed E-state index contributed by atoms with van der Waals surface area (Å²) in [6.07, 6.45) is 0.963. The van der Waals surface area contributed by atoms with Gasteiger partial charge in [0.1, 0.15) is 5.75 Å². The first kappa shape index (κ1) is 14.5. The molecule has 1 aromatic heterocycles. The van der Waals surface area contributed by atoms with Gasteiger partial charge in [0, 0.05) is 10.4 Å². The Labute approximate surface area is 122 Å². The normalized spacial score (nSPS) is 10.3. The predicted molar refractivity (Wildman–Crippen MR) is 81.8 cm³/mol. The van der Waals surface area contributed by atoms with E-state index in [0.717, 1.165) is 22.7 Å². The molecule has 0 saturated heterocycles. The first-order chi connectivity index (χ1) is 9.60. The summed E-state index contributed by atoms with van der Waals surface area (Å²) in [5, 5.41) is 3.45. The van der Waals surface area contributed by atoms with Crippen LogP contribution in [0.5, 0.6) is 5.75 Å². The van der Waals surface area contributed by atoms with Crippen molar-refractivity contribution < 1.29 is 9.53 Å². The number of carbonyl (C=O) groups is 1. The second-order valence-electron chi connectivity index (χ2n) is 4.49. The van der Waals surface area contributed by atoms with E-state index in [9.17, 15) is 4.79 Å². The topological polar surface area (TPSA) is 51.2 Å². The lowest BCUT2D eigenvalue weighted by Crippen LogP contribution is -2.11. The highest BCUT2D eigenvalue weighted by Gasteiger charge is 2.10. The van der Waals surface area contributed by atoms with Crippen molar-refractivity contribution in [3.63, 3.8) is 0 Å². The lowest BCUT2D eigenvalue weighted by Gasteiger charge is -2.05. The van der Waals surface area contributed by atoms with E-state index in [1.54, 1.807) is 12.1 Å². The molecule has 20 heavy (non-hydrogen) atoms. The molecule has 0 radical (unpaired) electrons. The van der Waals surface area contributed by atoms with Crippen molar-refractivity contribution in [3.8, 4) is 5.75 Å². The third-order valence-electron chi connectivity index (χ3n) is 2.84.